The van der Waals surface area contributed by atoms with Gasteiger partial charge in [-0.15, -0.1) is 0 Å². The van der Waals surface area contributed by atoms with Gasteiger partial charge in [0, 0.05) is 55.0 Å². The molecule has 318 valence electrons. The Hall–Kier alpha value is -9.40. The highest BCUT2D eigenvalue weighted by Crippen LogP contribution is 2.42. The van der Waals surface area contributed by atoms with Crippen LogP contribution < -0.4 is 0 Å². The Morgan fingerprint density at radius 1 is 0.235 bits per heavy atom. The monoisotopic (exact) mass is 870 g/mol. The van der Waals surface area contributed by atoms with Crippen LogP contribution in [-0.2, 0) is 0 Å². The van der Waals surface area contributed by atoms with E-state index >= 15 is 0 Å². The largest absolute Gasteiger partial charge is 0.307 e. The predicted octanol–water partition coefficient (Wildman–Crippen LogP) is 14.3. The summed E-state index contributed by atoms with van der Waals surface area (Å²) in [7, 11) is 0. The number of para-hydroxylation sites is 2. The van der Waals surface area contributed by atoms with Crippen molar-refractivity contribution in [2.75, 3.05) is 0 Å². The lowest BCUT2D eigenvalue weighted by Crippen LogP contribution is -2.07. The van der Waals surface area contributed by atoms with E-state index in [4.69, 9.17) is 29.9 Å². The Morgan fingerprint density at radius 3 is 1.13 bits per heavy atom. The summed E-state index contributed by atoms with van der Waals surface area (Å²) in [5, 5.41) is 4.49. The van der Waals surface area contributed by atoms with E-state index in [-0.39, 0.29) is 0 Å². The number of aromatic nitrogens is 8. The fourth-order valence-electron chi connectivity index (χ4n) is 9.48. The van der Waals surface area contributed by atoms with Crippen molar-refractivity contribution in [1.29, 1.82) is 0 Å². The lowest BCUT2D eigenvalue weighted by Gasteiger charge is -2.14. The first-order chi connectivity index (χ1) is 33.7. The molecular weight excluding hydrogens is 833 g/mol. The SMILES string of the molecule is c1ccc(-c2cccc(-n3c4ccccc4c4ccc5c6ccccc6n(-c6nc(-c7ccccc7)nc(-c7cccc(-c8nc(-c9ccccc9)nc(-c9ccccc9)n8)c7)n6)c5c43)c2)cc1. The second kappa shape index (κ2) is 16.2. The van der Waals surface area contributed by atoms with Crippen molar-refractivity contribution in [1.82, 2.24) is 39.0 Å². The summed E-state index contributed by atoms with van der Waals surface area (Å²) in [5.74, 6) is 3.32. The average Bonchev–Trinajstić information content (AvgIpc) is 3.95. The van der Waals surface area contributed by atoms with Crippen molar-refractivity contribution < 1.29 is 0 Å². The number of hydrogen-bond donors (Lipinski definition) is 0. The summed E-state index contributed by atoms with van der Waals surface area (Å²) in [5.41, 5.74) is 11.8. The van der Waals surface area contributed by atoms with Crippen molar-refractivity contribution in [3.8, 4) is 79.7 Å². The molecule has 0 saturated carbocycles. The molecule has 0 aliphatic carbocycles. The average molecular weight is 871 g/mol. The van der Waals surface area contributed by atoms with Crippen LogP contribution in [0.2, 0.25) is 0 Å². The molecule has 0 amide bonds. The van der Waals surface area contributed by atoms with Gasteiger partial charge in [0.2, 0.25) is 5.95 Å². The topological polar surface area (TPSA) is 87.2 Å². The first-order valence-corrected chi connectivity index (χ1v) is 22.6. The number of hydrogen-bond acceptors (Lipinski definition) is 6. The van der Waals surface area contributed by atoms with Crippen LogP contribution in [0.4, 0.5) is 0 Å². The summed E-state index contributed by atoms with van der Waals surface area (Å²) < 4.78 is 4.63. The third-order valence-corrected chi connectivity index (χ3v) is 12.6. The molecule has 0 fully saturated rings. The Kier molecular flexibility index (Phi) is 9.31. The zero-order valence-corrected chi connectivity index (χ0v) is 36.5. The van der Waals surface area contributed by atoms with Gasteiger partial charge in [-0.3, -0.25) is 4.57 Å². The van der Waals surface area contributed by atoms with E-state index in [0.29, 0.717) is 35.1 Å². The number of benzene rings is 9. The van der Waals surface area contributed by atoms with E-state index in [1.54, 1.807) is 0 Å². The van der Waals surface area contributed by atoms with Gasteiger partial charge in [0.05, 0.1) is 22.1 Å². The summed E-state index contributed by atoms with van der Waals surface area (Å²) >= 11 is 0. The van der Waals surface area contributed by atoms with Gasteiger partial charge in [0.1, 0.15) is 0 Å². The summed E-state index contributed by atoms with van der Waals surface area (Å²) in [6.45, 7) is 0. The highest BCUT2D eigenvalue weighted by molar-refractivity contribution is 6.23. The molecule has 13 aromatic rings. The molecule has 4 heterocycles. The zero-order valence-electron chi connectivity index (χ0n) is 36.5. The van der Waals surface area contributed by atoms with Crippen LogP contribution in [0.25, 0.3) is 123 Å². The smallest absolute Gasteiger partial charge is 0.238 e. The lowest BCUT2D eigenvalue weighted by molar-refractivity contribution is 0.953. The molecule has 0 atom stereocenters. The van der Waals surface area contributed by atoms with E-state index < -0.39 is 0 Å². The van der Waals surface area contributed by atoms with Crippen LogP contribution in [0.15, 0.2) is 231 Å². The van der Waals surface area contributed by atoms with Crippen LogP contribution in [0.3, 0.4) is 0 Å². The van der Waals surface area contributed by atoms with Crippen LogP contribution in [-0.4, -0.2) is 39.0 Å². The minimum Gasteiger partial charge on any atom is -0.307 e. The van der Waals surface area contributed by atoms with E-state index in [1.807, 2.05) is 109 Å². The first-order valence-electron chi connectivity index (χ1n) is 22.6. The fraction of sp³-hybridized carbons (Fsp3) is 0. The van der Waals surface area contributed by atoms with E-state index in [2.05, 4.69) is 130 Å². The molecule has 0 unspecified atom stereocenters. The Morgan fingerprint density at radius 2 is 0.603 bits per heavy atom. The highest BCUT2D eigenvalue weighted by atomic mass is 15.2. The number of rotatable bonds is 8. The van der Waals surface area contributed by atoms with E-state index in [9.17, 15) is 0 Å². The Bertz CT molecular complexity index is 3960. The molecule has 4 aromatic heterocycles. The van der Waals surface area contributed by atoms with E-state index in [0.717, 1.165) is 88.2 Å². The molecule has 0 spiro atoms. The molecule has 68 heavy (non-hydrogen) atoms. The maximum absolute atomic E-state index is 5.43. The van der Waals surface area contributed by atoms with E-state index in [1.165, 1.54) is 0 Å². The minimum atomic E-state index is 0.505. The maximum Gasteiger partial charge on any atom is 0.238 e. The fourth-order valence-corrected chi connectivity index (χ4v) is 9.48. The van der Waals surface area contributed by atoms with Gasteiger partial charge in [-0.25, -0.2) is 19.9 Å². The van der Waals surface area contributed by atoms with Gasteiger partial charge in [0.15, 0.2) is 29.1 Å². The third kappa shape index (κ3) is 6.70. The molecule has 8 heteroatoms. The number of nitrogens with zero attached hydrogens (tertiary/aromatic N) is 8. The highest BCUT2D eigenvalue weighted by Gasteiger charge is 2.24. The maximum atomic E-state index is 5.43. The molecule has 13 rings (SSSR count). The summed E-state index contributed by atoms with van der Waals surface area (Å²) in [4.78, 5) is 31.0. The van der Waals surface area contributed by atoms with Crippen molar-refractivity contribution in [3.05, 3.63) is 231 Å². The molecule has 0 radical (unpaired) electrons. The normalized spacial score (nSPS) is 11.5. The molecule has 0 aliphatic rings. The van der Waals surface area contributed by atoms with Crippen molar-refractivity contribution in [2.45, 2.75) is 0 Å². The first kappa shape index (κ1) is 39.0. The molecule has 0 saturated heterocycles. The number of fused-ring (bicyclic) bond motifs is 7. The summed E-state index contributed by atoms with van der Waals surface area (Å²) in [6, 6.07) is 79.4. The molecule has 8 nitrogen and oxygen atoms in total. The zero-order chi connectivity index (χ0) is 45.0. The second-order valence-corrected chi connectivity index (χ2v) is 16.7. The van der Waals surface area contributed by atoms with Gasteiger partial charge in [0.25, 0.3) is 0 Å². The second-order valence-electron chi connectivity index (χ2n) is 16.7. The quantitative estimate of drug-likeness (QED) is 0.151. The molecule has 0 aliphatic heterocycles. The Labute approximate surface area is 391 Å². The minimum absolute atomic E-state index is 0.505. The van der Waals surface area contributed by atoms with Crippen LogP contribution in [0.1, 0.15) is 0 Å². The van der Waals surface area contributed by atoms with Gasteiger partial charge in [-0.1, -0.05) is 200 Å². The Balaban J connectivity index is 1.06. The standard InChI is InChI=1S/C60H38N8/c1-5-19-39(20-6-1)43-27-18-30-46(38-43)67-51-33-15-13-31-47(51)49-35-36-50-48-32-14-16-34-52(48)68(54(50)53(49)67)60-65-57(42-25-11-4-12-26-42)64-59(66-60)45-29-17-28-44(37-45)58-62-55(40-21-7-2-8-22-40)61-56(63-58)41-23-9-3-10-24-41/h1-38H. The predicted molar refractivity (Wildman–Crippen MR) is 275 cm³/mol. The summed E-state index contributed by atoms with van der Waals surface area (Å²) in [6.07, 6.45) is 0. The van der Waals surface area contributed by atoms with Gasteiger partial charge in [-0.05, 0) is 41.5 Å². The molecule has 0 bridgehead atoms. The van der Waals surface area contributed by atoms with Crippen molar-refractivity contribution >= 4 is 43.6 Å². The van der Waals surface area contributed by atoms with Gasteiger partial charge in [-0.2, -0.15) is 9.97 Å². The van der Waals surface area contributed by atoms with Gasteiger partial charge < -0.3 is 4.57 Å². The van der Waals surface area contributed by atoms with Crippen LogP contribution in [0, 0.1) is 0 Å². The van der Waals surface area contributed by atoms with Crippen molar-refractivity contribution in [3.63, 3.8) is 0 Å². The third-order valence-electron chi connectivity index (χ3n) is 12.6. The molecular formula is C60H38N8. The van der Waals surface area contributed by atoms with Gasteiger partial charge >= 0.3 is 0 Å². The lowest BCUT2D eigenvalue weighted by atomic mass is 10.1. The van der Waals surface area contributed by atoms with Crippen LogP contribution in [0.5, 0.6) is 0 Å². The van der Waals surface area contributed by atoms with Crippen molar-refractivity contribution in [2.24, 2.45) is 0 Å². The molecule has 0 N–H and O–H groups in total. The van der Waals surface area contributed by atoms with Crippen LogP contribution >= 0.6 is 0 Å². The molecule has 9 aromatic carbocycles.